The Kier molecular flexibility index (Phi) is 9.50. The molecule has 1 amide bonds. The lowest BCUT2D eigenvalue weighted by Crippen LogP contribution is -2.28. The molecule has 0 atom stereocenters. The number of thioether (sulfide) groups is 1. The van der Waals surface area contributed by atoms with E-state index in [9.17, 15) is 4.79 Å². The van der Waals surface area contributed by atoms with Crippen LogP contribution in [0.15, 0.2) is 33.6 Å². The van der Waals surface area contributed by atoms with E-state index in [4.69, 9.17) is 15.2 Å². The van der Waals surface area contributed by atoms with Crippen molar-refractivity contribution in [3.63, 3.8) is 0 Å². The predicted molar refractivity (Wildman–Crippen MR) is 113 cm³/mol. The third-order valence-electron chi connectivity index (χ3n) is 3.49. The minimum atomic E-state index is -0.201. The van der Waals surface area contributed by atoms with Gasteiger partial charge in [-0.1, -0.05) is 29.8 Å². The molecule has 8 heteroatoms. The van der Waals surface area contributed by atoms with E-state index in [1.54, 1.807) is 11.8 Å². The van der Waals surface area contributed by atoms with Gasteiger partial charge in [-0.25, -0.2) is 4.98 Å². The monoisotopic (exact) mass is 455 g/mol. The molecule has 2 aromatic rings. The molecule has 0 aliphatic heterocycles. The number of aromatic nitrogens is 1. The second-order valence-electron chi connectivity index (χ2n) is 6.10. The number of hydrogen-bond donors (Lipinski definition) is 2. The molecule has 6 nitrogen and oxygen atoms in total. The first kappa shape index (κ1) is 22.1. The normalized spacial score (nSPS) is 11.3. The van der Waals surface area contributed by atoms with Gasteiger partial charge in [0, 0.05) is 33.1 Å². The largest absolute Gasteiger partial charge is 0.378 e. The first-order chi connectivity index (χ1) is 13.0. The first-order valence-electron chi connectivity index (χ1n) is 8.92. The van der Waals surface area contributed by atoms with Crippen molar-refractivity contribution in [1.82, 2.24) is 10.3 Å². The Hall–Kier alpha value is -1.19. The van der Waals surface area contributed by atoms with Crippen LogP contribution in [0.3, 0.4) is 0 Å². The van der Waals surface area contributed by atoms with E-state index in [-0.39, 0.29) is 5.91 Å². The highest BCUT2D eigenvalue weighted by Crippen LogP contribution is 2.32. The van der Waals surface area contributed by atoms with Crippen molar-refractivity contribution in [1.29, 1.82) is 0 Å². The molecule has 0 aliphatic rings. The van der Waals surface area contributed by atoms with Crippen LogP contribution in [-0.4, -0.2) is 55.7 Å². The Morgan fingerprint density at radius 1 is 1.22 bits per heavy atom. The summed E-state index contributed by atoms with van der Waals surface area (Å²) in [4.78, 5) is 18.0. The average molecular weight is 456 g/mol. The van der Waals surface area contributed by atoms with Gasteiger partial charge in [0.2, 0.25) is 0 Å². The minimum Gasteiger partial charge on any atom is -0.378 e. The number of carbonyl (C=O) groups excluding carboxylic acids is 1. The number of carbonyl (C=O) groups is 1. The van der Waals surface area contributed by atoms with Crippen LogP contribution in [0.4, 0.5) is 0 Å². The second-order valence-corrected chi connectivity index (χ2v) is 8.64. The fourth-order valence-electron chi connectivity index (χ4n) is 2.37. The van der Waals surface area contributed by atoms with E-state index < -0.39 is 0 Å². The number of fused-ring (bicyclic) bond motifs is 1. The first-order valence-corrected chi connectivity index (χ1v) is 10.6. The van der Waals surface area contributed by atoms with Gasteiger partial charge in [0.05, 0.1) is 31.9 Å². The topological polar surface area (TPSA) is 86.5 Å². The molecule has 3 N–H and O–H groups in total. The van der Waals surface area contributed by atoms with Gasteiger partial charge in [0.1, 0.15) is 5.69 Å². The van der Waals surface area contributed by atoms with Crippen LogP contribution < -0.4 is 11.1 Å². The summed E-state index contributed by atoms with van der Waals surface area (Å²) in [7, 11) is 0. The van der Waals surface area contributed by atoms with E-state index in [0.717, 1.165) is 20.3 Å². The van der Waals surface area contributed by atoms with Gasteiger partial charge in [-0.05, 0) is 24.3 Å². The number of hydrogen-bond acceptors (Lipinski definition) is 6. The molecule has 0 radical (unpaired) electrons. The summed E-state index contributed by atoms with van der Waals surface area (Å²) in [6.07, 6.45) is 0. The Labute approximate surface area is 172 Å². The Bertz CT molecular complexity index is 758. The van der Waals surface area contributed by atoms with E-state index in [1.165, 1.54) is 0 Å². The van der Waals surface area contributed by atoms with Crippen molar-refractivity contribution in [2.45, 2.75) is 24.0 Å². The molecule has 0 unspecified atom stereocenters. The fraction of sp³-hybridized carbons (Fsp3) is 0.474. The van der Waals surface area contributed by atoms with Gasteiger partial charge in [-0.3, -0.25) is 4.79 Å². The Morgan fingerprint density at radius 2 is 1.96 bits per heavy atom. The Morgan fingerprint density at radius 3 is 2.67 bits per heavy atom. The van der Waals surface area contributed by atoms with Crippen molar-refractivity contribution >= 4 is 44.5 Å². The fourth-order valence-corrected chi connectivity index (χ4v) is 3.71. The third kappa shape index (κ3) is 7.38. The number of ether oxygens (including phenoxy) is 2. The summed E-state index contributed by atoms with van der Waals surface area (Å²) in [5, 5.41) is 4.30. The molecule has 1 aromatic carbocycles. The molecule has 0 saturated carbocycles. The summed E-state index contributed by atoms with van der Waals surface area (Å²) >= 11 is 5.22. The van der Waals surface area contributed by atoms with E-state index in [2.05, 4.69) is 40.1 Å². The Balaban J connectivity index is 1.96. The standard InChI is InChI=1S/C19H26BrN3O3S/c1-13(2)27-18-12-17(23-16-4-3-14(20)11-15(16)18)19(24)22-6-8-26-10-9-25-7-5-21/h3-4,11-13H,5-10,21H2,1-2H3,(H,22,24). The van der Waals surface area contributed by atoms with E-state index in [0.29, 0.717) is 50.5 Å². The van der Waals surface area contributed by atoms with Crippen molar-refractivity contribution < 1.29 is 14.3 Å². The molecular formula is C19H26BrN3O3S. The zero-order valence-electron chi connectivity index (χ0n) is 15.7. The lowest BCUT2D eigenvalue weighted by molar-refractivity contribution is 0.0511. The zero-order chi connectivity index (χ0) is 19.6. The van der Waals surface area contributed by atoms with Crippen LogP contribution >= 0.6 is 27.7 Å². The SMILES string of the molecule is CC(C)Sc1cc(C(=O)NCCOCCOCCN)nc2ccc(Br)cc12. The molecule has 1 heterocycles. The maximum Gasteiger partial charge on any atom is 0.270 e. The molecule has 0 aliphatic carbocycles. The summed E-state index contributed by atoms with van der Waals surface area (Å²) in [5.74, 6) is -0.201. The summed E-state index contributed by atoms with van der Waals surface area (Å²) < 4.78 is 11.6. The minimum absolute atomic E-state index is 0.201. The molecule has 0 bridgehead atoms. The van der Waals surface area contributed by atoms with Gasteiger partial charge in [-0.2, -0.15) is 0 Å². The van der Waals surface area contributed by atoms with Crippen molar-refractivity contribution in [3.8, 4) is 0 Å². The van der Waals surface area contributed by atoms with Gasteiger partial charge < -0.3 is 20.5 Å². The number of halogens is 1. The highest BCUT2D eigenvalue weighted by atomic mass is 79.9. The number of benzene rings is 1. The predicted octanol–water partition coefficient (Wildman–Crippen LogP) is 3.22. The number of nitrogens with one attached hydrogen (secondary N) is 1. The average Bonchev–Trinajstić information content (AvgIpc) is 2.63. The molecule has 27 heavy (non-hydrogen) atoms. The zero-order valence-corrected chi connectivity index (χ0v) is 18.1. The third-order valence-corrected chi connectivity index (χ3v) is 5.05. The highest BCUT2D eigenvalue weighted by molar-refractivity contribution is 9.10. The molecule has 0 spiro atoms. The van der Waals surface area contributed by atoms with Crippen LogP contribution in [0.5, 0.6) is 0 Å². The molecule has 2 rings (SSSR count). The van der Waals surface area contributed by atoms with Gasteiger partial charge in [0.15, 0.2) is 0 Å². The number of amides is 1. The van der Waals surface area contributed by atoms with Crippen LogP contribution in [0.25, 0.3) is 10.9 Å². The van der Waals surface area contributed by atoms with E-state index in [1.807, 2.05) is 24.3 Å². The smallest absolute Gasteiger partial charge is 0.270 e. The van der Waals surface area contributed by atoms with Crippen LogP contribution in [-0.2, 0) is 9.47 Å². The number of nitrogens with zero attached hydrogens (tertiary/aromatic N) is 1. The quantitative estimate of drug-likeness (QED) is 0.399. The summed E-state index contributed by atoms with van der Waals surface area (Å²) in [5.41, 5.74) is 6.56. The summed E-state index contributed by atoms with van der Waals surface area (Å²) in [6, 6.07) is 7.75. The summed E-state index contributed by atoms with van der Waals surface area (Å²) in [6.45, 7) is 7.11. The van der Waals surface area contributed by atoms with Crippen molar-refractivity contribution in [2.75, 3.05) is 39.5 Å². The number of pyridine rings is 1. The molecule has 0 fully saturated rings. The second kappa shape index (κ2) is 11.6. The lowest BCUT2D eigenvalue weighted by atomic mass is 10.2. The molecule has 0 saturated heterocycles. The number of nitrogens with two attached hydrogens (primary N) is 1. The molecule has 1 aromatic heterocycles. The maximum atomic E-state index is 12.5. The van der Waals surface area contributed by atoms with Crippen molar-refractivity contribution in [2.24, 2.45) is 5.73 Å². The molecular weight excluding hydrogens is 430 g/mol. The van der Waals surface area contributed by atoms with Gasteiger partial charge in [0.25, 0.3) is 5.91 Å². The molecule has 148 valence electrons. The highest BCUT2D eigenvalue weighted by Gasteiger charge is 2.13. The van der Waals surface area contributed by atoms with E-state index >= 15 is 0 Å². The number of rotatable bonds is 11. The van der Waals surface area contributed by atoms with Crippen molar-refractivity contribution in [3.05, 3.63) is 34.4 Å². The van der Waals surface area contributed by atoms with Crippen LogP contribution in [0.1, 0.15) is 24.3 Å². The lowest BCUT2D eigenvalue weighted by Gasteiger charge is -2.12. The van der Waals surface area contributed by atoms with Crippen LogP contribution in [0.2, 0.25) is 0 Å². The van der Waals surface area contributed by atoms with Crippen LogP contribution in [0, 0.1) is 0 Å². The van der Waals surface area contributed by atoms with Gasteiger partial charge in [-0.15, -0.1) is 11.8 Å². The van der Waals surface area contributed by atoms with Gasteiger partial charge >= 0.3 is 0 Å². The maximum absolute atomic E-state index is 12.5.